The quantitative estimate of drug-likeness (QED) is 0.807. The van der Waals surface area contributed by atoms with Crippen molar-refractivity contribution in [1.29, 1.82) is 0 Å². The fraction of sp³-hybridized carbons (Fsp3) is 0.625. The fourth-order valence-electron chi connectivity index (χ4n) is 1.75. The molecular formula is C8H12N4O4S2. The molecule has 1 fully saturated rings. The van der Waals surface area contributed by atoms with Crippen LogP contribution in [-0.2, 0) is 15.0 Å². The minimum absolute atomic E-state index is 0.0104. The summed E-state index contributed by atoms with van der Waals surface area (Å²) in [6, 6.07) is 0. The second-order valence-electron chi connectivity index (χ2n) is 3.89. The first-order valence-electron chi connectivity index (χ1n) is 5.26. The van der Waals surface area contributed by atoms with Gasteiger partial charge in [-0.1, -0.05) is 11.3 Å². The molecule has 1 atom stereocenters. The van der Waals surface area contributed by atoms with Crippen LogP contribution in [0.4, 0.5) is 5.13 Å². The van der Waals surface area contributed by atoms with Gasteiger partial charge in [0.1, 0.15) is 5.51 Å². The molecule has 2 rings (SSSR count). The van der Waals surface area contributed by atoms with Crippen molar-refractivity contribution < 1.29 is 18.3 Å². The van der Waals surface area contributed by atoms with E-state index in [2.05, 4.69) is 14.9 Å². The van der Waals surface area contributed by atoms with Gasteiger partial charge in [-0.15, -0.1) is 10.2 Å². The molecule has 0 saturated carbocycles. The molecule has 0 radical (unpaired) electrons. The van der Waals surface area contributed by atoms with E-state index in [1.807, 2.05) is 0 Å². The largest absolute Gasteiger partial charge is 0.481 e. The third-order valence-corrected chi connectivity index (χ3v) is 4.85. The first-order chi connectivity index (χ1) is 8.49. The Morgan fingerprint density at radius 3 is 3.00 bits per heavy atom. The summed E-state index contributed by atoms with van der Waals surface area (Å²) in [6.07, 6.45) is 1.04. The van der Waals surface area contributed by atoms with Gasteiger partial charge in [0.05, 0.1) is 5.92 Å². The van der Waals surface area contributed by atoms with E-state index < -0.39 is 22.1 Å². The molecule has 0 aliphatic carbocycles. The highest BCUT2D eigenvalue weighted by Gasteiger charge is 2.32. The van der Waals surface area contributed by atoms with Gasteiger partial charge >= 0.3 is 16.2 Å². The number of rotatable bonds is 4. The highest BCUT2D eigenvalue weighted by molar-refractivity contribution is 7.90. The topological polar surface area (TPSA) is 112 Å². The number of hydrogen-bond acceptors (Lipinski definition) is 6. The molecule has 1 aromatic heterocycles. The van der Waals surface area contributed by atoms with Crippen LogP contribution >= 0.6 is 11.3 Å². The van der Waals surface area contributed by atoms with E-state index in [0.717, 1.165) is 15.6 Å². The number of carboxylic acids is 1. The third kappa shape index (κ3) is 2.94. The van der Waals surface area contributed by atoms with Gasteiger partial charge < -0.3 is 5.11 Å². The monoisotopic (exact) mass is 292 g/mol. The average molecular weight is 292 g/mol. The highest BCUT2D eigenvalue weighted by Crippen LogP contribution is 2.21. The van der Waals surface area contributed by atoms with E-state index >= 15 is 0 Å². The lowest BCUT2D eigenvalue weighted by Crippen LogP contribution is -2.44. The van der Waals surface area contributed by atoms with Crippen molar-refractivity contribution in [2.75, 3.05) is 17.8 Å². The molecule has 2 heterocycles. The van der Waals surface area contributed by atoms with Gasteiger partial charge in [-0.05, 0) is 12.8 Å². The van der Waals surface area contributed by atoms with E-state index in [0.29, 0.717) is 19.4 Å². The van der Waals surface area contributed by atoms with Crippen LogP contribution in [0.5, 0.6) is 0 Å². The lowest BCUT2D eigenvalue weighted by molar-refractivity contribution is -0.142. The number of nitrogens with zero attached hydrogens (tertiary/aromatic N) is 3. The number of anilines is 1. The van der Waals surface area contributed by atoms with E-state index in [1.165, 1.54) is 5.51 Å². The average Bonchev–Trinajstić information content (AvgIpc) is 2.81. The SMILES string of the molecule is O=C(O)C1CCCN(S(=O)(=O)Nc2nncs2)C1. The number of carbonyl (C=O) groups is 1. The van der Waals surface area contributed by atoms with Crippen molar-refractivity contribution >= 4 is 32.6 Å². The molecule has 1 unspecified atom stereocenters. The minimum Gasteiger partial charge on any atom is -0.481 e. The van der Waals surface area contributed by atoms with Crippen molar-refractivity contribution in [3.8, 4) is 0 Å². The molecule has 1 saturated heterocycles. The Balaban J connectivity index is 2.07. The summed E-state index contributed by atoms with van der Waals surface area (Å²) >= 11 is 1.07. The summed E-state index contributed by atoms with van der Waals surface area (Å²) in [6.45, 7) is 0.307. The zero-order valence-electron chi connectivity index (χ0n) is 9.31. The summed E-state index contributed by atoms with van der Waals surface area (Å²) in [5.74, 6) is -1.62. The van der Waals surface area contributed by atoms with E-state index in [9.17, 15) is 13.2 Å². The lowest BCUT2D eigenvalue weighted by Gasteiger charge is -2.29. The van der Waals surface area contributed by atoms with Crippen LogP contribution in [0.2, 0.25) is 0 Å². The molecule has 1 aliphatic heterocycles. The zero-order chi connectivity index (χ0) is 13.2. The summed E-state index contributed by atoms with van der Waals surface area (Å²) in [7, 11) is -3.74. The lowest BCUT2D eigenvalue weighted by atomic mass is 10.0. The molecule has 10 heteroatoms. The maximum atomic E-state index is 12.0. The van der Waals surface area contributed by atoms with Gasteiger partial charge in [0.2, 0.25) is 5.13 Å². The fourth-order valence-corrected chi connectivity index (χ4v) is 3.69. The van der Waals surface area contributed by atoms with Gasteiger partial charge in [0.15, 0.2) is 0 Å². The summed E-state index contributed by atoms with van der Waals surface area (Å²) in [4.78, 5) is 10.9. The van der Waals surface area contributed by atoms with Gasteiger partial charge in [0, 0.05) is 13.1 Å². The molecule has 0 bridgehead atoms. The predicted molar refractivity (Wildman–Crippen MR) is 64.4 cm³/mol. The number of piperidine rings is 1. The maximum Gasteiger partial charge on any atom is 0.307 e. The Hall–Kier alpha value is -1.26. The van der Waals surface area contributed by atoms with Crippen molar-refractivity contribution in [3.05, 3.63) is 5.51 Å². The molecule has 2 N–H and O–H groups in total. The molecule has 1 aromatic rings. The second kappa shape index (κ2) is 5.16. The van der Waals surface area contributed by atoms with Crippen molar-refractivity contribution in [2.45, 2.75) is 12.8 Å². The summed E-state index contributed by atoms with van der Waals surface area (Å²) < 4.78 is 27.4. The smallest absolute Gasteiger partial charge is 0.307 e. The maximum absolute atomic E-state index is 12.0. The number of carboxylic acid groups (broad SMARTS) is 1. The number of nitrogens with one attached hydrogen (secondary N) is 1. The van der Waals surface area contributed by atoms with Crippen LogP contribution < -0.4 is 4.72 Å². The van der Waals surface area contributed by atoms with Crippen LogP contribution in [0.25, 0.3) is 0 Å². The molecule has 0 amide bonds. The van der Waals surface area contributed by atoms with Gasteiger partial charge in [-0.2, -0.15) is 12.7 Å². The van der Waals surface area contributed by atoms with Crippen LogP contribution in [0, 0.1) is 5.92 Å². The normalized spacial score (nSPS) is 21.7. The first-order valence-corrected chi connectivity index (χ1v) is 7.58. The van der Waals surface area contributed by atoms with E-state index in [-0.39, 0.29) is 11.7 Å². The molecule has 8 nitrogen and oxygen atoms in total. The number of hydrogen-bond donors (Lipinski definition) is 2. The highest BCUT2D eigenvalue weighted by atomic mass is 32.2. The van der Waals surface area contributed by atoms with E-state index in [4.69, 9.17) is 5.11 Å². The second-order valence-corrected chi connectivity index (χ2v) is 6.39. The van der Waals surface area contributed by atoms with Crippen molar-refractivity contribution in [1.82, 2.24) is 14.5 Å². The standard InChI is InChI=1S/C8H12N4O4S2/c13-7(14)6-2-1-3-12(4-6)18(15,16)11-8-10-9-5-17-8/h5-6H,1-4H2,(H,10,11)(H,13,14). The van der Waals surface area contributed by atoms with Gasteiger partial charge in [-0.3, -0.25) is 4.79 Å². The Morgan fingerprint density at radius 2 is 2.39 bits per heavy atom. The Bertz CT molecular complexity index is 515. The van der Waals surface area contributed by atoms with Crippen molar-refractivity contribution in [3.63, 3.8) is 0 Å². The Labute approximate surface area is 108 Å². The summed E-state index contributed by atoms with van der Waals surface area (Å²) in [5.41, 5.74) is 1.41. The van der Waals surface area contributed by atoms with Crippen LogP contribution in [-0.4, -0.2) is 47.1 Å². The summed E-state index contributed by atoms with van der Waals surface area (Å²) in [5, 5.41) is 16.2. The third-order valence-electron chi connectivity index (χ3n) is 2.65. The van der Waals surface area contributed by atoms with Gasteiger partial charge in [-0.25, -0.2) is 4.72 Å². The molecule has 0 aromatic carbocycles. The molecule has 100 valence electrons. The molecule has 1 aliphatic rings. The number of aliphatic carboxylic acids is 1. The molecule has 18 heavy (non-hydrogen) atoms. The van der Waals surface area contributed by atoms with Crippen LogP contribution in [0.1, 0.15) is 12.8 Å². The van der Waals surface area contributed by atoms with Crippen molar-refractivity contribution in [2.24, 2.45) is 5.92 Å². The molecular weight excluding hydrogens is 280 g/mol. The Kier molecular flexibility index (Phi) is 3.78. The predicted octanol–water partition coefficient (Wildman–Crippen LogP) is -0.00860. The zero-order valence-corrected chi connectivity index (χ0v) is 10.9. The van der Waals surface area contributed by atoms with E-state index in [1.54, 1.807) is 0 Å². The first kappa shape index (κ1) is 13.2. The Morgan fingerprint density at radius 1 is 1.61 bits per heavy atom. The van der Waals surface area contributed by atoms with Gasteiger partial charge in [0.25, 0.3) is 0 Å². The van der Waals surface area contributed by atoms with Crippen LogP contribution in [0.3, 0.4) is 0 Å². The van der Waals surface area contributed by atoms with Crippen LogP contribution in [0.15, 0.2) is 5.51 Å². The molecule has 0 spiro atoms. The number of aromatic nitrogens is 2. The minimum atomic E-state index is -3.74.